The molecule has 0 saturated carbocycles. The molecule has 1 amide bonds. The summed E-state index contributed by atoms with van der Waals surface area (Å²) in [6.45, 7) is 3.72. The summed E-state index contributed by atoms with van der Waals surface area (Å²) in [5, 5.41) is 6.51. The highest BCUT2D eigenvalue weighted by Gasteiger charge is 2.16. The smallest absolute Gasteiger partial charge is 0.221 e. The van der Waals surface area contributed by atoms with Crippen molar-refractivity contribution < 1.29 is 4.79 Å². The Morgan fingerprint density at radius 1 is 1.47 bits per heavy atom. The standard InChI is InChI=1S/C15H22N2OS/c1-11(16-15-7-4-8-19-10-15)13-5-3-6-14(9-13)17-12(2)18/h3,5-6,9,11,15-16H,4,7-8,10H2,1-2H3,(H,17,18). The Morgan fingerprint density at radius 3 is 3.00 bits per heavy atom. The van der Waals surface area contributed by atoms with Gasteiger partial charge in [0.15, 0.2) is 0 Å². The van der Waals surface area contributed by atoms with Crippen molar-refractivity contribution in [1.82, 2.24) is 5.32 Å². The highest BCUT2D eigenvalue weighted by atomic mass is 32.2. The second-order valence-electron chi connectivity index (χ2n) is 5.11. The maximum atomic E-state index is 11.1. The summed E-state index contributed by atoms with van der Waals surface area (Å²) in [4.78, 5) is 11.1. The lowest BCUT2D eigenvalue weighted by Gasteiger charge is -2.26. The van der Waals surface area contributed by atoms with Crippen molar-refractivity contribution in [3.63, 3.8) is 0 Å². The number of anilines is 1. The average molecular weight is 278 g/mol. The quantitative estimate of drug-likeness (QED) is 0.888. The van der Waals surface area contributed by atoms with Gasteiger partial charge in [-0.3, -0.25) is 4.79 Å². The van der Waals surface area contributed by atoms with Gasteiger partial charge in [0, 0.05) is 30.4 Å². The van der Waals surface area contributed by atoms with Gasteiger partial charge in [-0.15, -0.1) is 0 Å². The largest absolute Gasteiger partial charge is 0.326 e. The summed E-state index contributed by atoms with van der Waals surface area (Å²) in [5.74, 6) is 2.47. The van der Waals surface area contributed by atoms with Gasteiger partial charge in [-0.2, -0.15) is 11.8 Å². The number of benzene rings is 1. The molecule has 1 saturated heterocycles. The highest BCUT2D eigenvalue weighted by Crippen LogP contribution is 2.22. The number of nitrogens with one attached hydrogen (secondary N) is 2. The Balaban J connectivity index is 1.97. The van der Waals surface area contributed by atoms with Crippen molar-refractivity contribution in [2.24, 2.45) is 0 Å². The monoisotopic (exact) mass is 278 g/mol. The van der Waals surface area contributed by atoms with Crippen molar-refractivity contribution in [2.45, 2.75) is 38.8 Å². The van der Waals surface area contributed by atoms with E-state index in [1.165, 1.54) is 36.8 Å². The molecule has 2 atom stereocenters. The molecule has 0 aliphatic carbocycles. The predicted molar refractivity (Wildman–Crippen MR) is 82.6 cm³/mol. The van der Waals surface area contributed by atoms with E-state index >= 15 is 0 Å². The maximum Gasteiger partial charge on any atom is 0.221 e. The zero-order valence-corrected chi connectivity index (χ0v) is 12.4. The molecule has 4 heteroatoms. The van der Waals surface area contributed by atoms with E-state index in [0.29, 0.717) is 12.1 Å². The zero-order chi connectivity index (χ0) is 13.7. The molecular weight excluding hydrogens is 256 g/mol. The Bertz CT molecular complexity index is 430. The molecule has 2 rings (SSSR count). The first-order chi connectivity index (χ1) is 9.15. The van der Waals surface area contributed by atoms with Crippen LogP contribution >= 0.6 is 11.8 Å². The lowest BCUT2D eigenvalue weighted by atomic mass is 10.1. The van der Waals surface area contributed by atoms with Gasteiger partial charge in [0.05, 0.1) is 0 Å². The van der Waals surface area contributed by atoms with E-state index in [9.17, 15) is 4.79 Å². The molecule has 1 aromatic rings. The minimum absolute atomic E-state index is 0.0264. The third kappa shape index (κ3) is 4.55. The van der Waals surface area contributed by atoms with Crippen LogP contribution in [0.1, 0.15) is 38.3 Å². The van der Waals surface area contributed by atoms with Crippen LogP contribution in [-0.4, -0.2) is 23.5 Å². The van der Waals surface area contributed by atoms with Crippen LogP contribution < -0.4 is 10.6 Å². The Kier molecular flexibility index (Phi) is 5.28. The molecule has 0 aromatic heterocycles. The van der Waals surface area contributed by atoms with Gasteiger partial charge in [0.25, 0.3) is 0 Å². The molecule has 3 nitrogen and oxygen atoms in total. The van der Waals surface area contributed by atoms with Gasteiger partial charge in [0.1, 0.15) is 0 Å². The summed E-state index contributed by atoms with van der Waals surface area (Å²) in [7, 11) is 0. The predicted octanol–water partition coefficient (Wildman–Crippen LogP) is 3.19. The van der Waals surface area contributed by atoms with Crippen LogP contribution in [0.25, 0.3) is 0 Å². The average Bonchev–Trinajstić information content (AvgIpc) is 2.39. The first-order valence-electron chi connectivity index (χ1n) is 6.86. The van der Waals surface area contributed by atoms with E-state index in [-0.39, 0.29) is 5.91 Å². The van der Waals surface area contributed by atoms with Gasteiger partial charge in [-0.05, 0) is 43.2 Å². The fourth-order valence-corrected chi connectivity index (χ4v) is 3.50. The van der Waals surface area contributed by atoms with Gasteiger partial charge in [-0.1, -0.05) is 12.1 Å². The molecule has 1 fully saturated rings. The Labute approximate surface area is 119 Å². The van der Waals surface area contributed by atoms with Gasteiger partial charge in [-0.25, -0.2) is 0 Å². The third-order valence-electron chi connectivity index (χ3n) is 3.35. The van der Waals surface area contributed by atoms with Gasteiger partial charge < -0.3 is 10.6 Å². The summed E-state index contributed by atoms with van der Waals surface area (Å²) in [5.41, 5.74) is 2.10. The Hall–Kier alpha value is -1.00. The first kappa shape index (κ1) is 14.4. The van der Waals surface area contributed by atoms with Crippen LogP contribution in [0, 0.1) is 0 Å². The van der Waals surface area contributed by atoms with E-state index in [4.69, 9.17) is 0 Å². The minimum Gasteiger partial charge on any atom is -0.326 e. The molecule has 19 heavy (non-hydrogen) atoms. The number of amides is 1. The van der Waals surface area contributed by atoms with Gasteiger partial charge >= 0.3 is 0 Å². The molecule has 0 spiro atoms. The van der Waals surface area contributed by atoms with Crippen LogP contribution in [0.4, 0.5) is 5.69 Å². The van der Waals surface area contributed by atoms with Gasteiger partial charge in [0.2, 0.25) is 5.91 Å². The SMILES string of the molecule is CC(=O)Nc1cccc(C(C)NC2CCCSC2)c1. The maximum absolute atomic E-state index is 11.1. The van der Waals surface area contributed by atoms with Crippen molar-refractivity contribution in [1.29, 1.82) is 0 Å². The molecule has 104 valence electrons. The van der Waals surface area contributed by atoms with E-state index in [1.54, 1.807) is 0 Å². The van der Waals surface area contributed by atoms with Crippen LogP contribution in [0.5, 0.6) is 0 Å². The van der Waals surface area contributed by atoms with E-state index in [0.717, 1.165) is 5.69 Å². The fourth-order valence-electron chi connectivity index (χ4n) is 2.41. The molecule has 2 unspecified atom stereocenters. The summed E-state index contributed by atoms with van der Waals surface area (Å²) in [6.07, 6.45) is 2.57. The van der Waals surface area contributed by atoms with Crippen LogP contribution in [-0.2, 0) is 4.79 Å². The second kappa shape index (κ2) is 6.96. The number of hydrogen-bond acceptors (Lipinski definition) is 3. The zero-order valence-electron chi connectivity index (χ0n) is 11.6. The van der Waals surface area contributed by atoms with E-state index < -0.39 is 0 Å². The lowest BCUT2D eigenvalue weighted by Crippen LogP contribution is -2.35. The summed E-state index contributed by atoms with van der Waals surface area (Å²) >= 11 is 2.03. The van der Waals surface area contributed by atoms with E-state index in [1.807, 2.05) is 23.9 Å². The molecule has 1 heterocycles. The molecule has 1 aliphatic heterocycles. The lowest BCUT2D eigenvalue weighted by molar-refractivity contribution is -0.114. The van der Waals surface area contributed by atoms with E-state index in [2.05, 4.69) is 29.7 Å². The fraction of sp³-hybridized carbons (Fsp3) is 0.533. The van der Waals surface area contributed by atoms with Crippen LogP contribution in [0.2, 0.25) is 0 Å². The topological polar surface area (TPSA) is 41.1 Å². The first-order valence-corrected chi connectivity index (χ1v) is 8.02. The van der Waals surface area contributed by atoms with Crippen molar-refractivity contribution in [3.8, 4) is 0 Å². The van der Waals surface area contributed by atoms with Crippen molar-refractivity contribution in [2.75, 3.05) is 16.8 Å². The molecule has 1 aliphatic rings. The number of carbonyl (C=O) groups excluding carboxylic acids is 1. The number of hydrogen-bond donors (Lipinski definition) is 2. The summed E-state index contributed by atoms with van der Waals surface area (Å²) < 4.78 is 0. The van der Waals surface area contributed by atoms with Crippen LogP contribution in [0.3, 0.4) is 0 Å². The second-order valence-corrected chi connectivity index (χ2v) is 6.26. The number of carbonyl (C=O) groups is 1. The normalized spacial score (nSPS) is 20.8. The molecule has 1 aromatic carbocycles. The molecular formula is C15H22N2OS. The Morgan fingerprint density at radius 2 is 2.32 bits per heavy atom. The van der Waals surface area contributed by atoms with Crippen LogP contribution in [0.15, 0.2) is 24.3 Å². The van der Waals surface area contributed by atoms with Crippen molar-refractivity contribution >= 4 is 23.4 Å². The number of rotatable bonds is 4. The van der Waals surface area contributed by atoms with Crippen molar-refractivity contribution in [3.05, 3.63) is 29.8 Å². The molecule has 0 radical (unpaired) electrons. The number of thioether (sulfide) groups is 1. The minimum atomic E-state index is -0.0264. The summed E-state index contributed by atoms with van der Waals surface area (Å²) in [6, 6.07) is 9.01. The molecule has 0 bridgehead atoms. The highest BCUT2D eigenvalue weighted by molar-refractivity contribution is 7.99. The molecule has 2 N–H and O–H groups in total. The third-order valence-corrected chi connectivity index (χ3v) is 4.57.